The second-order valence-electron chi connectivity index (χ2n) is 5.20. The Bertz CT molecular complexity index is 692. The predicted octanol–water partition coefficient (Wildman–Crippen LogP) is 2.53. The Morgan fingerprint density at radius 1 is 1.18 bits per heavy atom. The quantitative estimate of drug-likeness (QED) is 0.673. The van der Waals surface area contributed by atoms with Gasteiger partial charge in [0.2, 0.25) is 0 Å². The first-order valence-corrected chi connectivity index (χ1v) is 6.88. The number of phenolic OH excluding ortho intramolecular Hbond substituents is 1. The Balaban J connectivity index is 2.01. The Labute approximate surface area is 129 Å². The molecule has 22 heavy (non-hydrogen) atoms. The van der Waals surface area contributed by atoms with E-state index in [4.69, 9.17) is 0 Å². The van der Waals surface area contributed by atoms with Crippen molar-refractivity contribution < 1.29 is 9.90 Å². The molecule has 5 nitrogen and oxygen atoms in total. The van der Waals surface area contributed by atoms with Gasteiger partial charge in [0.05, 0.1) is 6.21 Å². The number of phenols is 1. The second-order valence-corrected chi connectivity index (χ2v) is 5.20. The van der Waals surface area contributed by atoms with Crippen LogP contribution in [0.2, 0.25) is 0 Å². The number of nitrogens with zero attached hydrogens (tertiary/aromatic N) is 2. The predicted molar refractivity (Wildman–Crippen MR) is 88.7 cm³/mol. The summed E-state index contributed by atoms with van der Waals surface area (Å²) in [7, 11) is 3.88. The zero-order valence-electron chi connectivity index (χ0n) is 12.9. The summed E-state index contributed by atoms with van der Waals surface area (Å²) in [4.78, 5) is 13.9. The van der Waals surface area contributed by atoms with Crippen molar-refractivity contribution in [3.63, 3.8) is 0 Å². The van der Waals surface area contributed by atoms with E-state index >= 15 is 0 Å². The van der Waals surface area contributed by atoms with Crippen LogP contribution in [-0.4, -0.2) is 31.3 Å². The van der Waals surface area contributed by atoms with Crippen LogP contribution in [0.1, 0.15) is 21.5 Å². The fourth-order valence-corrected chi connectivity index (χ4v) is 1.90. The number of rotatable bonds is 4. The second kappa shape index (κ2) is 6.76. The number of aryl methyl sites for hydroxylation is 1. The maximum absolute atomic E-state index is 12.0. The van der Waals surface area contributed by atoms with E-state index in [9.17, 15) is 9.90 Å². The van der Waals surface area contributed by atoms with E-state index < -0.39 is 0 Å². The summed E-state index contributed by atoms with van der Waals surface area (Å²) in [5.74, 6) is -0.165. The van der Waals surface area contributed by atoms with Crippen molar-refractivity contribution in [1.29, 1.82) is 0 Å². The average Bonchev–Trinajstić information content (AvgIpc) is 2.49. The van der Waals surface area contributed by atoms with Gasteiger partial charge in [-0.1, -0.05) is 6.07 Å². The van der Waals surface area contributed by atoms with Crippen LogP contribution in [0.15, 0.2) is 47.6 Å². The standard InChI is InChI=1S/C17H19N3O2/c1-12-4-5-14(16(21)10-12)11-18-19-17(22)13-6-8-15(9-7-13)20(2)3/h4-11,21H,1-3H3,(H,19,22)/b18-11+. The lowest BCUT2D eigenvalue weighted by Gasteiger charge is -2.12. The minimum atomic E-state index is -0.298. The number of amides is 1. The average molecular weight is 297 g/mol. The number of benzene rings is 2. The molecule has 2 aromatic rings. The van der Waals surface area contributed by atoms with Crippen molar-refractivity contribution in [3.8, 4) is 5.75 Å². The van der Waals surface area contributed by atoms with E-state index in [1.165, 1.54) is 6.21 Å². The number of hydrazone groups is 1. The van der Waals surface area contributed by atoms with Crippen LogP contribution in [0, 0.1) is 6.92 Å². The lowest BCUT2D eigenvalue weighted by molar-refractivity contribution is 0.0955. The molecule has 2 N–H and O–H groups in total. The van der Waals surface area contributed by atoms with Crippen LogP contribution >= 0.6 is 0 Å². The molecule has 0 aliphatic heterocycles. The van der Waals surface area contributed by atoms with Crippen LogP contribution in [0.3, 0.4) is 0 Å². The van der Waals surface area contributed by atoms with E-state index in [-0.39, 0.29) is 11.7 Å². The molecule has 0 aliphatic rings. The van der Waals surface area contributed by atoms with Gasteiger partial charge in [0.25, 0.3) is 5.91 Å². The molecule has 2 rings (SSSR count). The van der Waals surface area contributed by atoms with Crippen molar-refractivity contribution in [2.24, 2.45) is 5.10 Å². The van der Waals surface area contributed by atoms with Crippen LogP contribution in [0.4, 0.5) is 5.69 Å². The molecule has 0 heterocycles. The molecule has 0 bridgehead atoms. The summed E-state index contributed by atoms with van der Waals surface area (Å²) in [5, 5.41) is 13.6. The highest BCUT2D eigenvalue weighted by molar-refractivity contribution is 5.95. The minimum Gasteiger partial charge on any atom is -0.507 e. The van der Waals surface area contributed by atoms with Gasteiger partial charge in [-0.15, -0.1) is 0 Å². The third-order valence-electron chi connectivity index (χ3n) is 3.20. The Morgan fingerprint density at radius 3 is 2.45 bits per heavy atom. The van der Waals surface area contributed by atoms with Gasteiger partial charge in [0, 0.05) is 30.9 Å². The molecular weight excluding hydrogens is 278 g/mol. The van der Waals surface area contributed by atoms with Crippen LogP contribution in [0.25, 0.3) is 0 Å². The molecule has 0 spiro atoms. The fourth-order valence-electron chi connectivity index (χ4n) is 1.90. The highest BCUT2D eigenvalue weighted by Gasteiger charge is 2.04. The largest absolute Gasteiger partial charge is 0.507 e. The zero-order valence-corrected chi connectivity index (χ0v) is 12.9. The Kier molecular flexibility index (Phi) is 4.78. The number of anilines is 1. The van der Waals surface area contributed by atoms with Crippen molar-refractivity contribution in [3.05, 3.63) is 59.2 Å². The number of aromatic hydroxyl groups is 1. The molecule has 0 aliphatic carbocycles. The first-order chi connectivity index (χ1) is 10.5. The van der Waals surface area contributed by atoms with Crippen molar-refractivity contribution in [2.75, 3.05) is 19.0 Å². The molecule has 0 unspecified atom stereocenters. The molecule has 0 atom stereocenters. The molecular formula is C17H19N3O2. The smallest absolute Gasteiger partial charge is 0.271 e. The van der Waals surface area contributed by atoms with Crippen LogP contribution in [-0.2, 0) is 0 Å². The molecule has 5 heteroatoms. The summed E-state index contributed by atoms with van der Waals surface area (Å²) in [5.41, 5.74) is 5.49. The lowest BCUT2D eigenvalue weighted by Crippen LogP contribution is -2.18. The molecule has 0 radical (unpaired) electrons. The summed E-state index contributed by atoms with van der Waals surface area (Å²) >= 11 is 0. The van der Waals surface area contributed by atoms with Gasteiger partial charge in [0.1, 0.15) is 5.75 Å². The van der Waals surface area contributed by atoms with Gasteiger partial charge >= 0.3 is 0 Å². The first-order valence-electron chi connectivity index (χ1n) is 6.88. The SMILES string of the molecule is Cc1ccc(/C=N/NC(=O)c2ccc(N(C)C)cc2)c(O)c1. The van der Waals surface area contributed by atoms with Crippen molar-refractivity contribution >= 4 is 17.8 Å². The van der Waals surface area contributed by atoms with Crippen molar-refractivity contribution in [2.45, 2.75) is 6.92 Å². The van der Waals surface area contributed by atoms with E-state index in [2.05, 4.69) is 10.5 Å². The van der Waals surface area contributed by atoms with Gasteiger partial charge in [-0.2, -0.15) is 5.10 Å². The van der Waals surface area contributed by atoms with E-state index in [1.54, 1.807) is 24.3 Å². The number of hydrogen-bond acceptors (Lipinski definition) is 4. The third-order valence-corrected chi connectivity index (χ3v) is 3.20. The molecule has 2 aromatic carbocycles. The van der Waals surface area contributed by atoms with Gasteiger partial charge < -0.3 is 10.0 Å². The maximum atomic E-state index is 12.0. The number of nitrogens with one attached hydrogen (secondary N) is 1. The zero-order chi connectivity index (χ0) is 16.1. The normalized spacial score (nSPS) is 10.7. The van der Waals surface area contributed by atoms with Gasteiger partial charge in [0.15, 0.2) is 0 Å². The third kappa shape index (κ3) is 3.85. The van der Waals surface area contributed by atoms with Crippen LogP contribution < -0.4 is 10.3 Å². The van der Waals surface area contributed by atoms with E-state index in [0.29, 0.717) is 11.1 Å². The number of carbonyl (C=O) groups is 1. The fraction of sp³-hybridized carbons (Fsp3) is 0.176. The molecule has 114 valence electrons. The van der Waals surface area contributed by atoms with E-state index in [0.717, 1.165) is 11.3 Å². The highest BCUT2D eigenvalue weighted by atomic mass is 16.3. The number of carbonyl (C=O) groups excluding carboxylic acids is 1. The molecule has 1 amide bonds. The summed E-state index contributed by atoms with van der Waals surface area (Å²) in [6.07, 6.45) is 1.42. The molecule has 0 aromatic heterocycles. The van der Waals surface area contributed by atoms with Gasteiger partial charge in [-0.25, -0.2) is 5.43 Å². The van der Waals surface area contributed by atoms with Gasteiger partial charge in [-0.3, -0.25) is 4.79 Å². The Morgan fingerprint density at radius 2 is 1.86 bits per heavy atom. The van der Waals surface area contributed by atoms with Crippen LogP contribution in [0.5, 0.6) is 5.75 Å². The summed E-state index contributed by atoms with van der Waals surface area (Å²) in [6, 6.07) is 12.5. The van der Waals surface area contributed by atoms with E-state index in [1.807, 2.05) is 44.1 Å². The summed E-state index contributed by atoms with van der Waals surface area (Å²) < 4.78 is 0. The van der Waals surface area contributed by atoms with Crippen molar-refractivity contribution in [1.82, 2.24) is 5.43 Å². The topological polar surface area (TPSA) is 64.9 Å². The minimum absolute atomic E-state index is 0.133. The molecule has 0 saturated carbocycles. The van der Waals surface area contributed by atoms with Gasteiger partial charge in [-0.05, 0) is 48.9 Å². The number of hydrogen-bond donors (Lipinski definition) is 2. The maximum Gasteiger partial charge on any atom is 0.271 e. The monoisotopic (exact) mass is 297 g/mol. The first kappa shape index (κ1) is 15.6. The summed E-state index contributed by atoms with van der Waals surface area (Å²) in [6.45, 7) is 1.89. The molecule has 0 fully saturated rings. The lowest BCUT2D eigenvalue weighted by atomic mass is 10.1. The molecule has 0 saturated heterocycles. The Hall–Kier alpha value is -2.82. The highest BCUT2D eigenvalue weighted by Crippen LogP contribution is 2.16.